The van der Waals surface area contributed by atoms with Gasteiger partial charge in [0.1, 0.15) is 11.5 Å². The predicted molar refractivity (Wildman–Crippen MR) is 138 cm³/mol. The minimum atomic E-state index is -0.264. The van der Waals surface area contributed by atoms with Crippen LogP contribution in [-0.2, 0) is 6.54 Å². The maximum atomic E-state index is 13.5. The smallest absolute Gasteiger partial charge is 0.322 e. The molecule has 3 aromatic rings. The van der Waals surface area contributed by atoms with Gasteiger partial charge in [0.05, 0.1) is 25.9 Å². The van der Waals surface area contributed by atoms with Crippen LogP contribution in [0.15, 0.2) is 53.3 Å². The van der Waals surface area contributed by atoms with Crippen LogP contribution >= 0.6 is 0 Å². The van der Waals surface area contributed by atoms with E-state index < -0.39 is 0 Å². The third-order valence-electron chi connectivity index (χ3n) is 6.54. The van der Waals surface area contributed by atoms with Gasteiger partial charge in [-0.25, -0.2) is 4.79 Å². The van der Waals surface area contributed by atoms with Crippen LogP contribution < -0.4 is 20.3 Å². The predicted octanol–water partition coefficient (Wildman–Crippen LogP) is 4.45. The number of hydrogen-bond donors (Lipinski definition) is 2. The molecule has 2 amide bonds. The number of carbonyl (C=O) groups excluding carboxylic acids is 1. The van der Waals surface area contributed by atoms with Crippen LogP contribution in [-0.4, -0.2) is 60.2 Å². The van der Waals surface area contributed by atoms with Crippen molar-refractivity contribution >= 4 is 22.6 Å². The first-order chi connectivity index (χ1) is 17.0. The molecule has 186 valence electrons. The van der Waals surface area contributed by atoms with E-state index in [0.29, 0.717) is 30.2 Å². The summed E-state index contributed by atoms with van der Waals surface area (Å²) in [5.41, 5.74) is 1.66. The Labute approximate surface area is 205 Å². The zero-order chi connectivity index (χ0) is 24.8. The average molecular weight is 479 g/mol. The highest BCUT2D eigenvalue weighted by Crippen LogP contribution is 2.25. The summed E-state index contributed by atoms with van der Waals surface area (Å²) in [5, 5.41) is 3.85. The van der Waals surface area contributed by atoms with Gasteiger partial charge < -0.3 is 24.7 Å². The number of rotatable bonds is 9. The SMILES string of the molecule is CCOc1ccc2[nH]c(=O)c(CN(C[C@H]3CCCN3CC)C(=O)Nc3ccccc3OC)cc2c1. The third-order valence-corrected chi connectivity index (χ3v) is 6.54. The van der Waals surface area contributed by atoms with Crippen LogP contribution in [0.25, 0.3) is 10.9 Å². The summed E-state index contributed by atoms with van der Waals surface area (Å²) < 4.78 is 11.0. The van der Waals surface area contributed by atoms with Gasteiger partial charge in [0.25, 0.3) is 5.56 Å². The fourth-order valence-electron chi connectivity index (χ4n) is 4.74. The van der Waals surface area contributed by atoms with Crippen LogP contribution in [0.1, 0.15) is 32.3 Å². The molecule has 2 aromatic carbocycles. The van der Waals surface area contributed by atoms with Crippen molar-refractivity contribution in [3.8, 4) is 11.5 Å². The highest BCUT2D eigenvalue weighted by atomic mass is 16.5. The van der Waals surface area contributed by atoms with Gasteiger partial charge in [0.15, 0.2) is 0 Å². The lowest BCUT2D eigenvalue weighted by molar-refractivity contribution is 0.174. The molecule has 2 N–H and O–H groups in total. The maximum Gasteiger partial charge on any atom is 0.322 e. The lowest BCUT2D eigenvalue weighted by atomic mass is 10.1. The van der Waals surface area contributed by atoms with E-state index in [9.17, 15) is 9.59 Å². The molecule has 0 radical (unpaired) electrons. The number of likely N-dealkylation sites (N-methyl/N-ethyl adjacent to an activating group) is 1. The van der Waals surface area contributed by atoms with Gasteiger partial charge in [0, 0.05) is 29.1 Å². The number of carbonyl (C=O) groups is 1. The highest BCUT2D eigenvalue weighted by Gasteiger charge is 2.28. The van der Waals surface area contributed by atoms with E-state index >= 15 is 0 Å². The fourth-order valence-corrected chi connectivity index (χ4v) is 4.74. The lowest BCUT2D eigenvalue weighted by Gasteiger charge is -2.30. The van der Waals surface area contributed by atoms with Crippen molar-refractivity contribution in [2.45, 2.75) is 39.3 Å². The van der Waals surface area contributed by atoms with Crippen molar-refractivity contribution in [1.82, 2.24) is 14.8 Å². The number of H-pyrrole nitrogens is 1. The second-order valence-electron chi connectivity index (χ2n) is 8.74. The standard InChI is InChI=1S/C27H34N4O4/c1-4-30-14-8-9-21(30)18-31(27(33)29-24-10-6-7-11-25(24)34-3)17-20-15-19-16-22(35-5-2)12-13-23(19)28-26(20)32/h6-7,10-13,15-16,21H,4-5,8-9,14,17-18H2,1-3H3,(H,28,32)(H,29,33)/t21-/m1/s1. The molecule has 0 saturated carbocycles. The van der Waals surface area contributed by atoms with Crippen LogP contribution in [0.5, 0.6) is 11.5 Å². The number of urea groups is 1. The van der Waals surface area contributed by atoms with E-state index in [4.69, 9.17) is 9.47 Å². The molecule has 35 heavy (non-hydrogen) atoms. The molecule has 0 aliphatic carbocycles. The molecule has 1 atom stereocenters. The van der Waals surface area contributed by atoms with Crippen molar-refractivity contribution in [3.05, 3.63) is 64.4 Å². The molecule has 4 rings (SSSR count). The normalized spacial score (nSPS) is 15.8. The number of benzene rings is 2. The van der Waals surface area contributed by atoms with Crippen LogP contribution in [0.2, 0.25) is 0 Å². The van der Waals surface area contributed by atoms with Gasteiger partial charge in [-0.05, 0) is 69.3 Å². The summed E-state index contributed by atoms with van der Waals surface area (Å²) in [6, 6.07) is 14.8. The summed E-state index contributed by atoms with van der Waals surface area (Å²) in [6.45, 7) is 7.33. The molecule has 8 nitrogen and oxygen atoms in total. The molecule has 1 aromatic heterocycles. The van der Waals surface area contributed by atoms with Gasteiger partial charge in [-0.1, -0.05) is 19.1 Å². The van der Waals surface area contributed by atoms with Crippen molar-refractivity contribution in [3.63, 3.8) is 0 Å². The van der Waals surface area contributed by atoms with E-state index in [-0.39, 0.29) is 24.2 Å². The number of nitrogens with one attached hydrogen (secondary N) is 2. The molecular weight excluding hydrogens is 444 g/mol. The molecule has 1 fully saturated rings. The van der Waals surface area contributed by atoms with E-state index in [2.05, 4.69) is 22.1 Å². The van der Waals surface area contributed by atoms with Crippen LogP contribution in [0, 0.1) is 0 Å². The van der Waals surface area contributed by atoms with E-state index in [1.807, 2.05) is 43.3 Å². The molecule has 1 saturated heterocycles. The Balaban J connectivity index is 1.63. The molecule has 8 heteroatoms. The number of fused-ring (bicyclic) bond motifs is 1. The van der Waals surface area contributed by atoms with Crippen LogP contribution in [0.4, 0.5) is 10.5 Å². The minimum absolute atomic E-state index is 0.194. The van der Waals surface area contributed by atoms with E-state index in [1.165, 1.54) is 0 Å². The maximum absolute atomic E-state index is 13.5. The van der Waals surface area contributed by atoms with Crippen molar-refractivity contribution in [1.29, 1.82) is 0 Å². The topological polar surface area (TPSA) is 86.9 Å². The first kappa shape index (κ1) is 24.6. The summed E-state index contributed by atoms with van der Waals surface area (Å²) in [5.74, 6) is 1.33. The number of aromatic nitrogens is 1. The van der Waals surface area contributed by atoms with Crippen LogP contribution in [0.3, 0.4) is 0 Å². The second-order valence-corrected chi connectivity index (χ2v) is 8.74. The third kappa shape index (κ3) is 5.77. The molecule has 0 unspecified atom stereocenters. The number of pyridine rings is 1. The molecule has 1 aliphatic heterocycles. The molecule has 1 aliphatic rings. The quantitative estimate of drug-likeness (QED) is 0.474. The second kappa shape index (κ2) is 11.3. The number of methoxy groups -OCH3 is 1. The van der Waals surface area contributed by atoms with Crippen molar-refractivity contribution < 1.29 is 14.3 Å². The average Bonchev–Trinajstić information content (AvgIpc) is 3.32. The molecule has 0 bridgehead atoms. The lowest BCUT2D eigenvalue weighted by Crippen LogP contribution is -2.45. The Hall–Kier alpha value is -3.52. The first-order valence-corrected chi connectivity index (χ1v) is 12.2. The largest absolute Gasteiger partial charge is 0.495 e. The molecule has 2 heterocycles. The van der Waals surface area contributed by atoms with Gasteiger partial charge in [-0.3, -0.25) is 9.69 Å². The fraction of sp³-hybridized carbons (Fsp3) is 0.407. The summed E-state index contributed by atoms with van der Waals surface area (Å²) >= 11 is 0. The number of likely N-dealkylation sites (tertiary alicyclic amines) is 1. The van der Waals surface area contributed by atoms with Crippen molar-refractivity contribution in [2.75, 3.05) is 38.7 Å². The number of nitrogens with zero attached hydrogens (tertiary/aromatic N) is 2. The van der Waals surface area contributed by atoms with Gasteiger partial charge in [-0.2, -0.15) is 0 Å². The Kier molecular flexibility index (Phi) is 7.92. The van der Waals surface area contributed by atoms with Gasteiger partial charge >= 0.3 is 6.03 Å². The number of aromatic amines is 1. The van der Waals surface area contributed by atoms with Gasteiger partial charge in [-0.15, -0.1) is 0 Å². The highest BCUT2D eigenvalue weighted by molar-refractivity contribution is 5.91. The minimum Gasteiger partial charge on any atom is -0.495 e. The number of ether oxygens (including phenoxy) is 2. The summed E-state index contributed by atoms with van der Waals surface area (Å²) in [7, 11) is 1.57. The molecule has 0 spiro atoms. The number of anilines is 1. The van der Waals surface area contributed by atoms with E-state index in [0.717, 1.165) is 42.6 Å². The monoisotopic (exact) mass is 478 g/mol. The Morgan fingerprint density at radius 1 is 1.20 bits per heavy atom. The van der Waals surface area contributed by atoms with Gasteiger partial charge in [0.2, 0.25) is 0 Å². The Morgan fingerprint density at radius 3 is 2.80 bits per heavy atom. The zero-order valence-corrected chi connectivity index (χ0v) is 20.7. The first-order valence-electron chi connectivity index (χ1n) is 12.2. The zero-order valence-electron chi connectivity index (χ0n) is 20.7. The molecular formula is C27H34N4O4. The Morgan fingerprint density at radius 2 is 2.03 bits per heavy atom. The summed E-state index contributed by atoms with van der Waals surface area (Å²) in [4.78, 5) is 33.5. The number of hydrogen-bond acceptors (Lipinski definition) is 5. The number of para-hydroxylation sites is 2. The van der Waals surface area contributed by atoms with Crippen molar-refractivity contribution in [2.24, 2.45) is 0 Å². The van der Waals surface area contributed by atoms with E-state index in [1.54, 1.807) is 24.1 Å². The number of amides is 2. The Bertz CT molecular complexity index is 1230. The summed E-state index contributed by atoms with van der Waals surface area (Å²) in [6.07, 6.45) is 2.13.